The highest BCUT2D eigenvalue weighted by Crippen LogP contribution is 2.18. The Morgan fingerprint density at radius 3 is 1.96 bits per heavy atom. The summed E-state index contributed by atoms with van der Waals surface area (Å²) in [7, 11) is 2.95. The molecule has 0 bridgehead atoms. The lowest BCUT2D eigenvalue weighted by Crippen LogP contribution is -2.38. The van der Waals surface area contributed by atoms with Gasteiger partial charge in [0.15, 0.2) is 0 Å². The van der Waals surface area contributed by atoms with Gasteiger partial charge in [0, 0.05) is 33.0 Å². The Morgan fingerprint density at radius 1 is 0.780 bits per heavy atom. The van der Waals surface area contributed by atoms with Crippen LogP contribution in [0.25, 0.3) is 0 Å². The molecule has 2 atom stereocenters. The molecule has 0 aliphatic heterocycles. The minimum absolute atomic E-state index is 0.140. The van der Waals surface area contributed by atoms with Gasteiger partial charge < -0.3 is 24.3 Å². The smallest absolute Gasteiger partial charge is 0.328 e. The third kappa shape index (κ3) is 26.6. The fraction of sp³-hybridized carbons (Fsp3) is 0.707. The number of Topliss-reactive ketones (excluding diaryl/α,β-unsaturated/α-hetero) is 1. The van der Waals surface area contributed by atoms with Crippen molar-refractivity contribution in [2.24, 2.45) is 5.92 Å². The third-order valence-corrected chi connectivity index (χ3v) is 8.02. The Labute approximate surface area is 303 Å². The molecule has 0 spiro atoms. The standard InChI is InChI=1S/C26H48O4.C15H21NO4/c1-6-7-8-12-16-19-24(27)20-17-14-11-9-10-13-15-18-23(21-22-29-5)25(28)30-26(2,3)4;1-3-4-9-20-13-7-5-12(6-8-13)10-14(16-11-17)15(18)19-2/h13,15,23H,6-12,14,16-22H2,1-5H3;5-8,11,14H,3-4,9-10H2,1-2H3,(H,16,17)/b15-13+;/t23-;14-/m00/s1. The molecule has 0 fully saturated rings. The Bertz CT molecular complexity index is 1050. The van der Waals surface area contributed by atoms with Crippen molar-refractivity contribution in [3.05, 3.63) is 42.0 Å². The van der Waals surface area contributed by atoms with Gasteiger partial charge in [0.25, 0.3) is 0 Å². The second-order valence-corrected chi connectivity index (χ2v) is 13.8. The number of carbonyl (C=O) groups is 4. The fourth-order valence-electron chi connectivity index (χ4n) is 5.07. The van der Waals surface area contributed by atoms with Gasteiger partial charge in [-0.2, -0.15) is 0 Å². The van der Waals surface area contributed by atoms with Crippen LogP contribution in [0.2, 0.25) is 0 Å². The lowest BCUT2D eigenvalue weighted by Gasteiger charge is -2.23. The molecule has 9 nitrogen and oxygen atoms in total. The van der Waals surface area contributed by atoms with Crippen molar-refractivity contribution < 1.29 is 38.1 Å². The molecule has 1 amide bonds. The van der Waals surface area contributed by atoms with Crippen LogP contribution >= 0.6 is 0 Å². The molecule has 1 rings (SSSR count). The third-order valence-electron chi connectivity index (χ3n) is 8.02. The molecule has 286 valence electrons. The van der Waals surface area contributed by atoms with Gasteiger partial charge in [-0.15, -0.1) is 0 Å². The first-order valence-corrected chi connectivity index (χ1v) is 18.9. The van der Waals surface area contributed by atoms with Crippen LogP contribution < -0.4 is 10.1 Å². The Balaban J connectivity index is 0.00000104. The summed E-state index contributed by atoms with van der Waals surface area (Å²) in [6.45, 7) is 11.3. The number of methoxy groups -OCH3 is 2. The van der Waals surface area contributed by atoms with E-state index in [1.165, 1.54) is 32.8 Å². The van der Waals surface area contributed by atoms with Gasteiger partial charge in [-0.25, -0.2) is 4.79 Å². The van der Waals surface area contributed by atoms with E-state index in [-0.39, 0.29) is 11.9 Å². The van der Waals surface area contributed by atoms with E-state index in [1.807, 2.05) is 45.0 Å². The van der Waals surface area contributed by atoms with Crippen molar-refractivity contribution in [1.29, 1.82) is 0 Å². The molecule has 0 saturated heterocycles. The first-order valence-electron chi connectivity index (χ1n) is 18.9. The molecular formula is C41H69NO8. The SMILES string of the molecule is CCCCCCCC(=O)CCCCCC/C=C/C[C@@H](CCOC)C(=O)OC(C)(C)C.CCCCOc1ccc(C[C@H](NC=O)C(=O)OC)cc1. The van der Waals surface area contributed by atoms with Gasteiger partial charge in [0.2, 0.25) is 6.41 Å². The van der Waals surface area contributed by atoms with Gasteiger partial charge in [0.1, 0.15) is 23.2 Å². The number of carbonyl (C=O) groups excluding carboxylic acids is 4. The monoisotopic (exact) mass is 704 g/mol. The van der Waals surface area contributed by atoms with Crippen molar-refractivity contribution in [1.82, 2.24) is 5.32 Å². The fourth-order valence-corrected chi connectivity index (χ4v) is 5.07. The van der Waals surface area contributed by atoms with Crippen LogP contribution in [-0.4, -0.2) is 63.2 Å². The van der Waals surface area contributed by atoms with Crippen molar-refractivity contribution in [3.8, 4) is 5.75 Å². The topological polar surface area (TPSA) is 117 Å². The molecule has 0 saturated carbocycles. The maximum absolute atomic E-state index is 12.3. The van der Waals surface area contributed by atoms with Crippen LogP contribution in [0, 0.1) is 5.92 Å². The van der Waals surface area contributed by atoms with Crippen LogP contribution in [0.15, 0.2) is 36.4 Å². The van der Waals surface area contributed by atoms with Crippen LogP contribution in [0.3, 0.4) is 0 Å². The predicted octanol–water partition coefficient (Wildman–Crippen LogP) is 8.89. The number of esters is 2. The summed E-state index contributed by atoms with van der Waals surface area (Å²) in [6, 6.07) is 6.82. The summed E-state index contributed by atoms with van der Waals surface area (Å²) in [6.07, 6.45) is 21.7. The van der Waals surface area contributed by atoms with E-state index in [1.54, 1.807) is 7.11 Å². The molecule has 0 heterocycles. The number of rotatable bonds is 28. The number of nitrogens with one attached hydrogen (secondary N) is 1. The number of ether oxygens (including phenoxy) is 4. The molecule has 1 N–H and O–H groups in total. The first kappa shape index (κ1) is 46.8. The second-order valence-electron chi connectivity index (χ2n) is 13.8. The summed E-state index contributed by atoms with van der Waals surface area (Å²) < 4.78 is 20.9. The summed E-state index contributed by atoms with van der Waals surface area (Å²) in [4.78, 5) is 46.2. The van der Waals surface area contributed by atoms with Crippen LogP contribution in [-0.2, 0) is 39.8 Å². The molecule has 0 aromatic heterocycles. The van der Waals surface area contributed by atoms with E-state index in [9.17, 15) is 19.2 Å². The normalized spacial score (nSPS) is 12.4. The number of unbranched alkanes of at least 4 members (excludes halogenated alkanes) is 9. The molecule has 1 aromatic rings. The van der Waals surface area contributed by atoms with Gasteiger partial charge >= 0.3 is 11.9 Å². The molecule has 0 radical (unpaired) electrons. The molecule has 0 unspecified atom stereocenters. The molecule has 0 aliphatic carbocycles. The van der Waals surface area contributed by atoms with E-state index < -0.39 is 17.6 Å². The van der Waals surface area contributed by atoms with Crippen LogP contribution in [0.4, 0.5) is 0 Å². The molecular weight excluding hydrogens is 634 g/mol. The van der Waals surface area contributed by atoms with E-state index >= 15 is 0 Å². The molecule has 9 heteroatoms. The van der Waals surface area contributed by atoms with E-state index in [2.05, 4.69) is 36.1 Å². The largest absolute Gasteiger partial charge is 0.494 e. The lowest BCUT2D eigenvalue weighted by atomic mass is 10.0. The van der Waals surface area contributed by atoms with Crippen molar-refractivity contribution in [3.63, 3.8) is 0 Å². The van der Waals surface area contributed by atoms with E-state index in [4.69, 9.17) is 14.2 Å². The summed E-state index contributed by atoms with van der Waals surface area (Å²) in [5.74, 6) is 0.504. The van der Waals surface area contributed by atoms with Gasteiger partial charge in [-0.3, -0.25) is 14.4 Å². The first-order chi connectivity index (χ1) is 24.0. The number of benzene rings is 1. The highest BCUT2D eigenvalue weighted by molar-refractivity contribution is 5.78. The quantitative estimate of drug-likeness (QED) is 0.0398. The summed E-state index contributed by atoms with van der Waals surface area (Å²) >= 11 is 0. The number of ketones is 1. The van der Waals surface area contributed by atoms with Crippen molar-refractivity contribution in [2.75, 3.05) is 27.4 Å². The average molecular weight is 704 g/mol. The van der Waals surface area contributed by atoms with Crippen LogP contribution in [0.1, 0.15) is 143 Å². The number of hydrogen-bond donors (Lipinski definition) is 1. The van der Waals surface area contributed by atoms with E-state index in [0.717, 1.165) is 75.5 Å². The minimum atomic E-state index is -0.663. The van der Waals surface area contributed by atoms with Gasteiger partial charge in [-0.1, -0.05) is 83.1 Å². The van der Waals surface area contributed by atoms with Crippen molar-refractivity contribution >= 4 is 24.1 Å². The second kappa shape index (κ2) is 30.6. The Kier molecular flexibility index (Phi) is 28.7. The number of hydrogen-bond acceptors (Lipinski definition) is 8. The van der Waals surface area contributed by atoms with Crippen molar-refractivity contribution in [2.45, 2.75) is 155 Å². The molecule has 1 aromatic carbocycles. The van der Waals surface area contributed by atoms with Gasteiger partial charge in [-0.05, 0) is 83.4 Å². The Hall–Kier alpha value is -3.20. The maximum atomic E-state index is 12.3. The minimum Gasteiger partial charge on any atom is -0.494 e. The number of allylic oxidation sites excluding steroid dienone is 2. The lowest BCUT2D eigenvalue weighted by molar-refractivity contribution is -0.160. The van der Waals surface area contributed by atoms with Crippen LogP contribution in [0.5, 0.6) is 5.75 Å². The zero-order chi connectivity index (χ0) is 37.5. The highest BCUT2D eigenvalue weighted by atomic mass is 16.6. The van der Waals surface area contributed by atoms with E-state index in [0.29, 0.717) is 44.7 Å². The highest BCUT2D eigenvalue weighted by Gasteiger charge is 2.24. The average Bonchev–Trinajstić information content (AvgIpc) is 3.08. The zero-order valence-electron chi connectivity index (χ0n) is 32.4. The maximum Gasteiger partial charge on any atom is 0.328 e. The zero-order valence-corrected chi connectivity index (χ0v) is 32.4. The molecule has 0 aliphatic rings. The number of amides is 1. The van der Waals surface area contributed by atoms with Gasteiger partial charge in [0.05, 0.1) is 19.6 Å². The molecule has 50 heavy (non-hydrogen) atoms. The predicted molar refractivity (Wildman–Crippen MR) is 201 cm³/mol. The summed E-state index contributed by atoms with van der Waals surface area (Å²) in [5.41, 5.74) is 0.473. The Morgan fingerprint density at radius 2 is 1.40 bits per heavy atom. The summed E-state index contributed by atoms with van der Waals surface area (Å²) in [5, 5.41) is 2.45.